The van der Waals surface area contributed by atoms with Crippen LogP contribution in [0.1, 0.15) is 11.1 Å². The molecular weight excluding hydrogens is 380 g/mol. The molecule has 0 bridgehead atoms. The summed E-state index contributed by atoms with van der Waals surface area (Å²) in [6.45, 7) is 4.97. The molecule has 0 amide bonds. The van der Waals surface area contributed by atoms with E-state index in [4.69, 9.17) is 14.2 Å². The number of rotatable bonds is 9. The summed E-state index contributed by atoms with van der Waals surface area (Å²) in [5.74, 6) is 3.26. The van der Waals surface area contributed by atoms with Gasteiger partial charge in [-0.1, -0.05) is 18.2 Å². The van der Waals surface area contributed by atoms with Crippen molar-refractivity contribution in [2.45, 2.75) is 13.0 Å². The van der Waals surface area contributed by atoms with E-state index in [2.05, 4.69) is 32.7 Å². The first kappa shape index (κ1) is 21.8. The van der Waals surface area contributed by atoms with Gasteiger partial charge in [-0.15, -0.1) is 0 Å². The van der Waals surface area contributed by atoms with Crippen molar-refractivity contribution < 1.29 is 14.2 Å². The maximum atomic E-state index is 5.70. The Morgan fingerprint density at radius 2 is 1.70 bits per heavy atom. The first-order valence-corrected chi connectivity index (χ1v) is 10.3. The number of hydrogen-bond donors (Lipinski definition) is 2. The Bertz CT molecular complexity index is 827. The molecule has 0 fully saturated rings. The number of guanidine groups is 1. The zero-order valence-electron chi connectivity index (χ0n) is 18.1. The number of fused-ring (bicyclic) bond motifs is 1. The second-order valence-electron chi connectivity index (χ2n) is 7.09. The fourth-order valence-electron chi connectivity index (χ4n) is 3.54. The van der Waals surface area contributed by atoms with E-state index >= 15 is 0 Å². The van der Waals surface area contributed by atoms with Crippen LogP contribution in [0.25, 0.3) is 0 Å². The molecule has 1 aliphatic rings. The zero-order valence-corrected chi connectivity index (χ0v) is 18.1. The monoisotopic (exact) mass is 412 g/mol. The molecule has 7 heteroatoms. The number of para-hydroxylation sites is 1. The molecule has 2 aromatic carbocycles. The van der Waals surface area contributed by atoms with Gasteiger partial charge in [0.05, 0.1) is 20.8 Å². The molecule has 0 unspecified atom stereocenters. The molecule has 0 aliphatic carbocycles. The van der Waals surface area contributed by atoms with Crippen molar-refractivity contribution in [1.29, 1.82) is 0 Å². The summed E-state index contributed by atoms with van der Waals surface area (Å²) in [5.41, 5.74) is 2.65. The third-order valence-electron chi connectivity index (χ3n) is 5.15. The highest BCUT2D eigenvalue weighted by atomic mass is 16.5. The van der Waals surface area contributed by atoms with Crippen LogP contribution in [0.3, 0.4) is 0 Å². The summed E-state index contributed by atoms with van der Waals surface area (Å²) >= 11 is 0. The highest BCUT2D eigenvalue weighted by Gasteiger charge is 2.19. The van der Waals surface area contributed by atoms with Crippen molar-refractivity contribution in [3.05, 3.63) is 53.6 Å². The first-order valence-electron chi connectivity index (χ1n) is 10.3. The van der Waals surface area contributed by atoms with Crippen LogP contribution in [0.5, 0.6) is 17.2 Å². The Kier molecular flexibility index (Phi) is 8.20. The minimum atomic E-state index is 0.582. The Hall–Kier alpha value is -2.93. The molecule has 0 saturated carbocycles. The van der Waals surface area contributed by atoms with Gasteiger partial charge in [-0.2, -0.15) is 0 Å². The summed E-state index contributed by atoms with van der Waals surface area (Å²) in [6, 6.07) is 14.0. The van der Waals surface area contributed by atoms with Gasteiger partial charge in [0.1, 0.15) is 12.4 Å². The van der Waals surface area contributed by atoms with Crippen LogP contribution in [0, 0.1) is 0 Å². The number of ether oxygens (including phenoxy) is 3. The van der Waals surface area contributed by atoms with Crippen LogP contribution in [-0.4, -0.2) is 64.9 Å². The second kappa shape index (κ2) is 11.3. The first-order chi connectivity index (χ1) is 14.7. The van der Waals surface area contributed by atoms with Crippen LogP contribution in [0.2, 0.25) is 0 Å². The van der Waals surface area contributed by atoms with E-state index in [1.165, 1.54) is 11.1 Å². The molecule has 0 aromatic heterocycles. The Morgan fingerprint density at radius 3 is 2.40 bits per heavy atom. The molecule has 0 radical (unpaired) electrons. The van der Waals surface area contributed by atoms with Gasteiger partial charge in [-0.25, -0.2) is 0 Å². The molecule has 1 aliphatic heterocycles. The van der Waals surface area contributed by atoms with Gasteiger partial charge < -0.3 is 24.8 Å². The summed E-state index contributed by atoms with van der Waals surface area (Å²) in [7, 11) is 5.14. The summed E-state index contributed by atoms with van der Waals surface area (Å²) in [6.07, 6.45) is 1.01. The molecule has 7 nitrogen and oxygen atoms in total. The number of aliphatic imine (C=N–C) groups is 1. The largest absolute Gasteiger partial charge is 0.493 e. The standard InChI is InChI=1S/C23H32N4O3/c1-24-23(26-11-14-30-20-7-5-4-6-8-20)25-10-13-27-12-9-18-15-21(28-2)22(29-3)16-19(18)17-27/h4-8,15-16H,9-14,17H2,1-3H3,(H2,24,25,26). The van der Waals surface area contributed by atoms with E-state index in [0.717, 1.165) is 55.8 Å². The van der Waals surface area contributed by atoms with Gasteiger partial charge in [0, 0.05) is 33.2 Å². The average molecular weight is 413 g/mol. The van der Waals surface area contributed by atoms with Crippen molar-refractivity contribution in [2.24, 2.45) is 4.99 Å². The average Bonchev–Trinajstić information content (AvgIpc) is 2.80. The van der Waals surface area contributed by atoms with Crippen molar-refractivity contribution in [2.75, 3.05) is 54.1 Å². The third kappa shape index (κ3) is 6.03. The van der Waals surface area contributed by atoms with Gasteiger partial charge in [-0.3, -0.25) is 9.89 Å². The van der Waals surface area contributed by atoms with Crippen molar-refractivity contribution in [3.8, 4) is 17.2 Å². The number of nitrogens with zero attached hydrogens (tertiary/aromatic N) is 2. The third-order valence-corrected chi connectivity index (χ3v) is 5.15. The lowest BCUT2D eigenvalue weighted by Gasteiger charge is -2.29. The van der Waals surface area contributed by atoms with E-state index in [1.807, 2.05) is 30.3 Å². The quantitative estimate of drug-likeness (QED) is 0.374. The van der Waals surface area contributed by atoms with E-state index in [-0.39, 0.29) is 0 Å². The summed E-state index contributed by atoms with van der Waals surface area (Å²) < 4.78 is 16.6. The van der Waals surface area contributed by atoms with Crippen LogP contribution in [0.15, 0.2) is 47.5 Å². The van der Waals surface area contributed by atoms with Crippen LogP contribution >= 0.6 is 0 Å². The fraction of sp³-hybridized carbons (Fsp3) is 0.435. The molecular formula is C23H32N4O3. The highest BCUT2D eigenvalue weighted by Crippen LogP contribution is 2.33. The number of nitrogens with one attached hydrogen (secondary N) is 2. The predicted molar refractivity (Wildman–Crippen MR) is 120 cm³/mol. The molecule has 2 N–H and O–H groups in total. The number of benzene rings is 2. The van der Waals surface area contributed by atoms with Gasteiger partial charge in [-0.05, 0) is 41.8 Å². The van der Waals surface area contributed by atoms with Gasteiger partial charge in [0.2, 0.25) is 0 Å². The van der Waals surface area contributed by atoms with Crippen molar-refractivity contribution >= 4 is 5.96 Å². The second-order valence-corrected chi connectivity index (χ2v) is 7.09. The van der Waals surface area contributed by atoms with Crippen molar-refractivity contribution in [1.82, 2.24) is 15.5 Å². The molecule has 0 saturated heterocycles. The molecule has 0 spiro atoms. The lowest BCUT2D eigenvalue weighted by atomic mass is 9.99. The lowest BCUT2D eigenvalue weighted by Crippen LogP contribution is -2.43. The van der Waals surface area contributed by atoms with Crippen LogP contribution < -0.4 is 24.8 Å². The van der Waals surface area contributed by atoms with Crippen molar-refractivity contribution in [3.63, 3.8) is 0 Å². The smallest absolute Gasteiger partial charge is 0.191 e. The maximum absolute atomic E-state index is 5.70. The minimum absolute atomic E-state index is 0.582. The molecule has 30 heavy (non-hydrogen) atoms. The number of methoxy groups -OCH3 is 2. The summed E-state index contributed by atoms with van der Waals surface area (Å²) in [4.78, 5) is 6.72. The van der Waals surface area contributed by atoms with Gasteiger partial charge in [0.15, 0.2) is 17.5 Å². The Morgan fingerprint density at radius 1 is 1.00 bits per heavy atom. The molecule has 162 valence electrons. The van der Waals surface area contributed by atoms with Gasteiger partial charge >= 0.3 is 0 Å². The highest BCUT2D eigenvalue weighted by molar-refractivity contribution is 5.79. The molecule has 1 heterocycles. The van der Waals surface area contributed by atoms with E-state index < -0.39 is 0 Å². The lowest BCUT2D eigenvalue weighted by molar-refractivity contribution is 0.256. The molecule has 2 aromatic rings. The topological polar surface area (TPSA) is 67.4 Å². The number of hydrogen-bond acceptors (Lipinski definition) is 5. The Labute approximate surface area is 179 Å². The molecule has 0 atom stereocenters. The maximum Gasteiger partial charge on any atom is 0.191 e. The van der Waals surface area contributed by atoms with Crippen LogP contribution in [0.4, 0.5) is 0 Å². The molecule has 3 rings (SSSR count). The minimum Gasteiger partial charge on any atom is -0.493 e. The Balaban J connectivity index is 1.39. The normalized spacial score (nSPS) is 14.0. The predicted octanol–water partition coefficient (Wildman–Crippen LogP) is 2.31. The van der Waals surface area contributed by atoms with Gasteiger partial charge in [0.25, 0.3) is 0 Å². The van der Waals surface area contributed by atoms with E-state index in [0.29, 0.717) is 13.2 Å². The summed E-state index contributed by atoms with van der Waals surface area (Å²) in [5, 5.41) is 6.66. The fourth-order valence-corrected chi connectivity index (χ4v) is 3.54. The van der Waals surface area contributed by atoms with E-state index in [1.54, 1.807) is 21.3 Å². The van der Waals surface area contributed by atoms with Crippen LogP contribution in [-0.2, 0) is 13.0 Å². The zero-order chi connectivity index (χ0) is 21.2. The van der Waals surface area contributed by atoms with E-state index in [9.17, 15) is 0 Å². The SMILES string of the molecule is CN=C(NCCOc1ccccc1)NCCN1CCc2cc(OC)c(OC)cc2C1.